The van der Waals surface area contributed by atoms with E-state index in [0.717, 1.165) is 12.3 Å². The number of carboxylic acid groups (broad SMARTS) is 1. The van der Waals surface area contributed by atoms with E-state index in [9.17, 15) is 32.3 Å². The lowest BCUT2D eigenvalue weighted by atomic mass is 10.0. The Kier molecular flexibility index (Phi) is 6.66. The van der Waals surface area contributed by atoms with Gasteiger partial charge in [0.2, 0.25) is 0 Å². The van der Waals surface area contributed by atoms with Gasteiger partial charge in [-0.05, 0) is 44.3 Å². The zero-order valence-electron chi connectivity index (χ0n) is 14.9. The molecule has 0 aliphatic rings. The van der Waals surface area contributed by atoms with Crippen LogP contribution in [0, 0.1) is 5.82 Å². The summed E-state index contributed by atoms with van der Waals surface area (Å²) in [7, 11) is 3.33. The molecule has 1 atom stereocenters. The van der Waals surface area contributed by atoms with E-state index in [1.54, 1.807) is 19.0 Å². The van der Waals surface area contributed by atoms with Gasteiger partial charge >= 0.3 is 12.1 Å². The van der Waals surface area contributed by atoms with Crippen LogP contribution in [0.4, 0.5) is 17.6 Å². The van der Waals surface area contributed by atoms with Gasteiger partial charge in [0, 0.05) is 28.8 Å². The molecule has 0 radical (unpaired) electrons. The highest BCUT2D eigenvalue weighted by molar-refractivity contribution is 9.10. The number of aromatic nitrogens is 1. The van der Waals surface area contributed by atoms with Gasteiger partial charge in [-0.25, -0.2) is 9.18 Å². The molecule has 1 unspecified atom stereocenters. The Morgan fingerprint density at radius 2 is 1.93 bits per heavy atom. The molecule has 10 heteroatoms. The van der Waals surface area contributed by atoms with Crippen molar-refractivity contribution in [1.82, 2.24) is 9.47 Å². The minimum Gasteiger partial charge on any atom is -0.479 e. The molecular weight excluding hydrogens is 448 g/mol. The van der Waals surface area contributed by atoms with Crippen molar-refractivity contribution in [3.8, 4) is 0 Å². The molecular formula is C18H17BrF4N2O3. The molecule has 0 saturated carbocycles. The van der Waals surface area contributed by atoms with Gasteiger partial charge in [0.1, 0.15) is 5.82 Å². The molecule has 1 heterocycles. The molecule has 0 amide bonds. The van der Waals surface area contributed by atoms with Crippen LogP contribution in [0.3, 0.4) is 0 Å². The Balaban J connectivity index is 2.70. The summed E-state index contributed by atoms with van der Waals surface area (Å²) in [6.07, 6.45) is -4.00. The first-order chi connectivity index (χ1) is 12.9. The molecule has 5 nitrogen and oxygen atoms in total. The van der Waals surface area contributed by atoms with E-state index < -0.39 is 35.1 Å². The van der Waals surface area contributed by atoms with Crippen molar-refractivity contribution < 1.29 is 27.5 Å². The van der Waals surface area contributed by atoms with Crippen molar-refractivity contribution in [2.75, 3.05) is 20.6 Å². The van der Waals surface area contributed by atoms with E-state index in [-0.39, 0.29) is 24.1 Å². The third-order valence-electron chi connectivity index (χ3n) is 4.06. The normalized spacial score (nSPS) is 13.0. The molecule has 0 fully saturated rings. The number of rotatable bonds is 6. The quantitative estimate of drug-likeness (QED) is 0.664. The predicted molar refractivity (Wildman–Crippen MR) is 97.8 cm³/mol. The topological polar surface area (TPSA) is 62.5 Å². The van der Waals surface area contributed by atoms with E-state index in [1.165, 1.54) is 12.1 Å². The average molecular weight is 465 g/mol. The number of alkyl halides is 3. The molecule has 1 aromatic heterocycles. The minimum absolute atomic E-state index is 0.0740. The lowest BCUT2D eigenvalue weighted by molar-refractivity contribution is -0.139. The molecule has 0 spiro atoms. The monoisotopic (exact) mass is 464 g/mol. The lowest BCUT2D eigenvalue weighted by Crippen LogP contribution is -2.33. The van der Waals surface area contributed by atoms with Gasteiger partial charge in [0.15, 0.2) is 6.04 Å². The Hall–Kier alpha value is -2.20. The van der Waals surface area contributed by atoms with Gasteiger partial charge in [-0.1, -0.05) is 15.9 Å². The number of hydrogen-bond donors (Lipinski definition) is 1. The second kappa shape index (κ2) is 8.44. The second-order valence-corrected chi connectivity index (χ2v) is 7.33. The number of nitrogens with zero attached hydrogens (tertiary/aromatic N) is 2. The molecule has 0 aliphatic heterocycles. The molecule has 0 aliphatic carbocycles. The van der Waals surface area contributed by atoms with Crippen molar-refractivity contribution in [1.29, 1.82) is 0 Å². The number of halogens is 5. The Labute approximate surface area is 166 Å². The standard InChI is InChI=1S/C18H17BrF4N2O3/c1-24(2)6-5-10-9-25(15(26)8-13(10)18(21,22)23)16(17(27)28)12-7-11(19)3-4-14(12)20/h3-4,7-9,16H,5-6H2,1-2H3,(H,27,28). The predicted octanol–water partition coefficient (Wildman–Crippen LogP) is 3.55. The van der Waals surface area contributed by atoms with Gasteiger partial charge in [0.25, 0.3) is 5.56 Å². The van der Waals surface area contributed by atoms with Gasteiger partial charge in [-0.15, -0.1) is 0 Å². The van der Waals surface area contributed by atoms with E-state index in [1.807, 2.05) is 0 Å². The van der Waals surface area contributed by atoms with Crippen LogP contribution in [0.2, 0.25) is 0 Å². The zero-order valence-corrected chi connectivity index (χ0v) is 16.5. The lowest BCUT2D eigenvalue weighted by Gasteiger charge is -2.21. The average Bonchev–Trinajstić information content (AvgIpc) is 2.56. The summed E-state index contributed by atoms with van der Waals surface area (Å²) in [4.78, 5) is 25.8. The second-order valence-electron chi connectivity index (χ2n) is 6.42. The Bertz CT molecular complexity index is 941. The summed E-state index contributed by atoms with van der Waals surface area (Å²) in [6.45, 7) is 0.240. The molecule has 28 heavy (non-hydrogen) atoms. The molecule has 2 rings (SSSR count). The van der Waals surface area contributed by atoms with Crippen LogP contribution in [0.5, 0.6) is 0 Å². The summed E-state index contributed by atoms with van der Waals surface area (Å²) < 4.78 is 55.2. The summed E-state index contributed by atoms with van der Waals surface area (Å²) in [5.74, 6) is -2.46. The van der Waals surface area contributed by atoms with Crippen LogP contribution in [0.1, 0.15) is 22.7 Å². The van der Waals surface area contributed by atoms with Gasteiger partial charge in [0.05, 0.1) is 5.56 Å². The highest BCUT2D eigenvalue weighted by Gasteiger charge is 2.35. The summed E-state index contributed by atoms with van der Waals surface area (Å²) >= 11 is 3.10. The van der Waals surface area contributed by atoms with Crippen molar-refractivity contribution in [3.05, 3.63) is 67.8 Å². The summed E-state index contributed by atoms with van der Waals surface area (Å²) in [5, 5.41) is 9.59. The Morgan fingerprint density at radius 1 is 1.29 bits per heavy atom. The smallest absolute Gasteiger partial charge is 0.416 e. The number of carboxylic acids is 1. The number of hydrogen-bond acceptors (Lipinski definition) is 3. The van der Waals surface area contributed by atoms with Crippen LogP contribution < -0.4 is 5.56 Å². The first-order valence-corrected chi connectivity index (χ1v) is 8.86. The highest BCUT2D eigenvalue weighted by Crippen LogP contribution is 2.32. The van der Waals surface area contributed by atoms with Crippen molar-refractivity contribution in [3.63, 3.8) is 0 Å². The van der Waals surface area contributed by atoms with E-state index in [0.29, 0.717) is 15.1 Å². The maximum Gasteiger partial charge on any atom is 0.416 e. The first-order valence-electron chi connectivity index (χ1n) is 8.06. The van der Waals surface area contributed by atoms with Gasteiger partial charge in [-0.3, -0.25) is 9.36 Å². The van der Waals surface area contributed by atoms with Gasteiger partial charge in [-0.2, -0.15) is 13.2 Å². The minimum atomic E-state index is -4.78. The van der Waals surface area contributed by atoms with Crippen LogP contribution in [0.25, 0.3) is 0 Å². The van der Waals surface area contributed by atoms with E-state index in [2.05, 4.69) is 15.9 Å². The largest absolute Gasteiger partial charge is 0.479 e. The fourth-order valence-electron chi connectivity index (χ4n) is 2.73. The molecule has 0 saturated heterocycles. The third kappa shape index (κ3) is 4.99. The number of pyridine rings is 1. The van der Waals surface area contributed by atoms with Crippen molar-refractivity contribution in [2.45, 2.75) is 18.6 Å². The number of aliphatic carboxylic acids is 1. The molecule has 1 N–H and O–H groups in total. The molecule has 2 aromatic rings. The number of benzene rings is 1. The maximum atomic E-state index is 14.2. The van der Waals surface area contributed by atoms with Crippen LogP contribution in [-0.2, 0) is 17.4 Å². The van der Waals surface area contributed by atoms with Crippen LogP contribution in [0.15, 0.2) is 39.7 Å². The van der Waals surface area contributed by atoms with E-state index >= 15 is 0 Å². The van der Waals surface area contributed by atoms with E-state index in [4.69, 9.17) is 0 Å². The van der Waals surface area contributed by atoms with Crippen LogP contribution >= 0.6 is 15.9 Å². The maximum absolute atomic E-state index is 14.2. The Morgan fingerprint density at radius 3 is 2.46 bits per heavy atom. The summed E-state index contributed by atoms with van der Waals surface area (Å²) in [6, 6.07) is 2.08. The molecule has 152 valence electrons. The van der Waals surface area contributed by atoms with Gasteiger partial charge < -0.3 is 10.0 Å². The fourth-order valence-corrected chi connectivity index (χ4v) is 3.11. The van der Waals surface area contributed by atoms with Crippen molar-refractivity contribution in [2.24, 2.45) is 0 Å². The number of carbonyl (C=O) groups is 1. The fraction of sp³-hybridized carbons (Fsp3) is 0.333. The van der Waals surface area contributed by atoms with Crippen molar-refractivity contribution >= 4 is 21.9 Å². The zero-order chi connectivity index (χ0) is 21.2. The van der Waals surface area contributed by atoms with Crippen LogP contribution in [-0.4, -0.2) is 41.2 Å². The third-order valence-corrected chi connectivity index (χ3v) is 4.55. The molecule has 1 aromatic carbocycles. The SMILES string of the molecule is CN(C)CCc1cn(C(C(=O)O)c2cc(Br)ccc2F)c(=O)cc1C(F)(F)F. The highest BCUT2D eigenvalue weighted by atomic mass is 79.9. The first kappa shape index (κ1) is 22.1. The summed E-state index contributed by atoms with van der Waals surface area (Å²) in [5.41, 5.74) is -2.91. The number of likely N-dealkylation sites (N-methyl/N-ethyl adjacent to an activating group) is 1. The molecule has 0 bridgehead atoms.